The molecule has 1 aliphatic rings. The van der Waals surface area contributed by atoms with Crippen molar-refractivity contribution in [1.29, 1.82) is 0 Å². The van der Waals surface area contributed by atoms with Gasteiger partial charge in [0.1, 0.15) is 0 Å². The predicted octanol–water partition coefficient (Wildman–Crippen LogP) is 2.57. The van der Waals surface area contributed by atoms with E-state index in [-0.39, 0.29) is 18.7 Å². The molecule has 0 spiro atoms. The van der Waals surface area contributed by atoms with Gasteiger partial charge in [0, 0.05) is 42.9 Å². The number of nitrogens with zero attached hydrogens (tertiary/aromatic N) is 2. The highest BCUT2D eigenvalue weighted by Crippen LogP contribution is 2.20. The van der Waals surface area contributed by atoms with Gasteiger partial charge in [-0.05, 0) is 37.1 Å². The van der Waals surface area contributed by atoms with Gasteiger partial charge in [-0.2, -0.15) is 0 Å². The molecule has 1 heterocycles. The van der Waals surface area contributed by atoms with Crippen molar-refractivity contribution >= 4 is 23.3 Å². The van der Waals surface area contributed by atoms with Crippen LogP contribution in [0.3, 0.4) is 0 Å². The lowest BCUT2D eigenvalue weighted by Gasteiger charge is -2.38. The quantitative estimate of drug-likeness (QED) is 0.894. The van der Waals surface area contributed by atoms with E-state index >= 15 is 0 Å². The molecule has 0 aromatic heterocycles. The van der Waals surface area contributed by atoms with Crippen LogP contribution in [0.5, 0.6) is 0 Å². The fraction of sp³-hybridized carbons (Fsp3) is 0.562. The van der Waals surface area contributed by atoms with Crippen molar-refractivity contribution in [3.8, 4) is 0 Å². The number of hydrogen-bond donors (Lipinski definition) is 2. The molecule has 1 atom stereocenters. The summed E-state index contributed by atoms with van der Waals surface area (Å²) in [6.07, 6.45) is 0.923. The fourth-order valence-electron chi connectivity index (χ4n) is 2.75. The average molecular weight is 326 g/mol. The molecule has 0 bridgehead atoms. The first-order valence-corrected chi connectivity index (χ1v) is 8.10. The summed E-state index contributed by atoms with van der Waals surface area (Å²) >= 11 is 5.93. The van der Waals surface area contributed by atoms with Crippen LogP contribution >= 0.6 is 11.6 Å². The highest BCUT2D eigenvalue weighted by atomic mass is 35.5. The third kappa shape index (κ3) is 4.12. The molecule has 0 saturated carbocycles. The number of benzene rings is 1. The van der Waals surface area contributed by atoms with Gasteiger partial charge in [0.25, 0.3) is 0 Å². The first-order chi connectivity index (χ1) is 10.5. The number of halogens is 1. The number of aryl methyl sites for hydroxylation is 1. The van der Waals surface area contributed by atoms with Gasteiger partial charge in [-0.15, -0.1) is 0 Å². The number of nitrogens with one attached hydrogen (secondary N) is 1. The Labute approximate surface area is 136 Å². The molecule has 0 radical (unpaired) electrons. The standard InChI is InChI=1S/C16H24ClN3O2/c1-3-14(11-21)19-6-8-20(9-7-19)16(22)18-15-5-4-13(17)10-12(15)2/h4-5,10,14,21H,3,6-9,11H2,1-2H3,(H,18,22). The molecule has 6 heteroatoms. The van der Waals surface area contributed by atoms with Crippen LogP contribution < -0.4 is 5.32 Å². The Hall–Kier alpha value is -1.30. The lowest BCUT2D eigenvalue weighted by molar-refractivity contribution is 0.0766. The van der Waals surface area contributed by atoms with Gasteiger partial charge in [-0.25, -0.2) is 4.79 Å². The van der Waals surface area contributed by atoms with Crippen LogP contribution in [-0.2, 0) is 0 Å². The number of rotatable bonds is 4. The molecule has 1 unspecified atom stereocenters. The van der Waals surface area contributed by atoms with Crippen LogP contribution in [0.25, 0.3) is 0 Å². The number of urea groups is 1. The van der Waals surface area contributed by atoms with Crippen molar-refractivity contribution in [1.82, 2.24) is 9.80 Å². The lowest BCUT2D eigenvalue weighted by Crippen LogP contribution is -2.53. The molecule has 1 fully saturated rings. The Bertz CT molecular complexity index is 512. The van der Waals surface area contributed by atoms with Crippen molar-refractivity contribution in [2.24, 2.45) is 0 Å². The Morgan fingerprint density at radius 2 is 2.05 bits per heavy atom. The molecule has 122 valence electrons. The zero-order valence-corrected chi connectivity index (χ0v) is 13.9. The lowest BCUT2D eigenvalue weighted by atomic mass is 10.1. The molecule has 2 amide bonds. The smallest absolute Gasteiger partial charge is 0.321 e. The topological polar surface area (TPSA) is 55.8 Å². The molecule has 5 nitrogen and oxygen atoms in total. The van der Waals surface area contributed by atoms with Gasteiger partial charge in [0.2, 0.25) is 0 Å². The largest absolute Gasteiger partial charge is 0.395 e. The van der Waals surface area contributed by atoms with Crippen LogP contribution in [-0.4, -0.2) is 59.8 Å². The van der Waals surface area contributed by atoms with Crippen LogP contribution in [0.1, 0.15) is 18.9 Å². The van der Waals surface area contributed by atoms with Gasteiger partial charge in [0.15, 0.2) is 0 Å². The van der Waals surface area contributed by atoms with Crippen molar-refractivity contribution < 1.29 is 9.90 Å². The second-order valence-corrected chi connectivity index (χ2v) is 6.09. The number of amides is 2. The molecule has 1 aromatic carbocycles. The van der Waals surface area contributed by atoms with Gasteiger partial charge in [0.05, 0.1) is 6.61 Å². The zero-order valence-electron chi connectivity index (χ0n) is 13.2. The van der Waals surface area contributed by atoms with E-state index < -0.39 is 0 Å². The average Bonchev–Trinajstić information content (AvgIpc) is 2.52. The van der Waals surface area contributed by atoms with Crippen LogP contribution in [0.4, 0.5) is 10.5 Å². The first kappa shape index (κ1) is 17.1. The maximum atomic E-state index is 12.3. The highest BCUT2D eigenvalue weighted by Gasteiger charge is 2.25. The van der Waals surface area contributed by atoms with Crippen molar-refractivity contribution in [2.75, 3.05) is 38.1 Å². The summed E-state index contributed by atoms with van der Waals surface area (Å²) < 4.78 is 0. The molecule has 2 rings (SSSR count). The van der Waals surface area contributed by atoms with E-state index in [2.05, 4.69) is 17.1 Å². The monoisotopic (exact) mass is 325 g/mol. The minimum atomic E-state index is -0.0814. The maximum Gasteiger partial charge on any atom is 0.321 e. The molecule has 1 aliphatic heterocycles. The SMILES string of the molecule is CCC(CO)N1CCN(C(=O)Nc2ccc(Cl)cc2C)CC1. The summed E-state index contributed by atoms with van der Waals surface area (Å²) in [7, 11) is 0. The Morgan fingerprint density at radius 3 is 2.59 bits per heavy atom. The Morgan fingerprint density at radius 1 is 1.36 bits per heavy atom. The molecule has 2 N–H and O–H groups in total. The molecule has 1 saturated heterocycles. The first-order valence-electron chi connectivity index (χ1n) is 7.72. The Kier molecular flexibility index (Phi) is 6.06. The van der Waals surface area contributed by atoms with Crippen LogP contribution in [0.2, 0.25) is 5.02 Å². The highest BCUT2D eigenvalue weighted by molar-refractivity contribution is 6.30. The second-order valence-electron chi connectivity index (χ2n) is 5.66. The summed E-state index contributed by atoms with van der Waals surface area (Å²) in [5.74, 6) is 0. The fourth-order valence-corrected chi connectivity index (χ4v) is 2.98. The normalized spacial score (nSPS) is 17.4. The molecular weight excluding hydrogens is 302 g/mol. The molecule has 22 heavy (non-hydrogen) atoms. The minimum Gasteiger partial charge on any atom is -0.395 e. The minimum absolute atomic E-state index is 0.0814. The molecule has 0 aliphatic carbocycles. The number of carbonyl (C=O) groups is 1. The van der Waals surface area contributed by atoms with Gasteiger partial charge in [-0.1, -0.05) is 18.5 Å². The summed E-state index contributed by atoms with van der Waals surface area (Å²) in [5, 5.41) is 13.0. The van der Waals surface area contributed by atoms with Crippen LogP contribution in [0.15, 0.2) is 18.2 Å². The van der Waals surface area contributed by atoms with E-state index in [9.17, 15) is 9.90 Å². The summed E-state index contributed by atoms with van der Waals surface area (Å²) in [5.41, 5.74) is 1.74. The van der Waals surface area contributed by atoms with E-state index in [0.29, 0.717) is 18.1 Å². The summed E-state index contributed by atoms with van der Waals surface area (Å²) in [6, 6.07) is 5.55. The van der Waals surface area contributed by atoms with Crippen molar-refractivity contribution in [3.05, 3.63) is 28.8 Å². The molecule has 1 aromatic rings. The number of anilines is 1. The van der Waals surface area contributed by atoms with Crippen molar-refractivity contribution in [3.63, 3.8) is 0 Å². The van der Waals surface area contributed by atoms with Crippen LogP contribution in [0, 0.1) is 6.92 Å². The number of piperazine rings is 1. The predicted molar refractivity (Wildman–Crippen MR) is 89.5 cm³/mol. The summed E-state index contributed by atoms with van der Waals surface area (Å²) in [4.78, 5) is 16.4. The van der Waals surface area contributed by atoms with E-state index in [1.54, 1.807) is 6.07 Å². The van der Waals surface area contributed by atoms with Gasteiger partial charge >= 0.3 is 6.03 Å². The van der Waals surface area contributed by atoms with E-state index in [0.717, 1.165) is 30.8 Å². The van der Waals surface area contributed by atoms with E-state index in [4.69, 9.17) is 11.6 Å². The maximum absolute atomic E-state index is 12.3. The number of aliphatic hydroxyl groups is 1. The van der Waals surface area contributed by atoms with Crippen molar-refractivity contribution in [2.45, 2.75) is 26.3 Å². The van der Waals surface area contributed by atoms with Gasteiger partial charge in [-0.3, -0.25) is 4.90 Å². The van der Waals surface area contributed by atoms with E-state index in [1.165, 1.54) is 0 Å². The second kappa shape index (κ2) is 7.81. The zero-order chi connectivity index (χ0) is 16.1. The summed E-state index contributed by atoms with van der Waals surface area (Å²) in [6.45, 7) is 7.12. The third-order valence-electron chi connectivity index (χ3n) is 4.23. The van der Waals surface area contributed by atoms with E-state index in [1.807, 2.05) is 24.0 Å². The number of aliphatic hydroxyl groups excluding tert-OH is 1. The molecular formula is C16H24ClN3O2. The number of carbonyl (C=O) groups excluding carboxylic acids is 1. The Balaban J connectivity index is 1.90. The number of hydrogen-bond acceptors (Lipinski definition) is 3. The third-order valence-corrected chi connectivity index (χ3v) is 4.47. The van der Waals surface area contributed by atoms with Gasteiger partial charge < -0.3 is 15.3 Å².